The molecular formula is C22H30N4O8S. The molecule has 0 aliphatic carbocycles. The molecule has 0 aromatic heterocycles. The number of phenols is 1. The highest BCUT2D eigenvalue weighted by Crippen LogP contribution is 2.13. The Kier molecular flexibility index (Phi) is 10.8. The standard InChI is InChI=1S/C22H30N4O8S/c27-13-5-3-12(4-6-13)10-16(25-19(30)14-2-1-9-23-14)20(31)26-17(11-35)21(32)24-15(22(33)34)7-8-18(28)29/h3-6,14-17,23,27,35H,1-2,7-11H2,(H,24,32)(H,25,30)(H,26,31)(H,28,29)(H,33,34). The third-order valence-electron chi connectivity index (χ3n) is 5.46. The molecule has 35 heavy (non-hydrogen) atoms. The van der Waals surface area contributed by atoms with Crippen LogP contribution in [-0.2, 0) is 30.4 Å². The van der Waals surface area contributed by atoms with Gasteiger partial charge in [0.15, 0.2) is 0 Å². The molecule has 192 valence electrons. The number of aliphatic carboxylic acids is 2. The number of hydrogen-bond donors (Lipinski definition) is 8. The first-order valence-corrected chi connectivity index (χ1v) is 11.7. The van der Waals surface area contributed by atoms with Gasteiger partial charge in [0.05, 0.1) is 6.04 Å². The van der Waals surface area contributed by atoms with Crippen LogP contribution in [0.1, 0.15) is 31.2 Å². The molecule has 2 rings (SSSR count). The fourth-order valence-corrected chi connectivity index (χ4v) is 3.78. The van der Waals surface area contributed by atoms with Crippen LogP contribution in [0.4, 0.5) is 0 Å². The molecule has 0 radical (unpaired) electrons. The summed E-state index contributed by atoms with van der Waals surface area (Å²) in [5.74, 6) is -4.66. The first kappa shape index (κ1) is 27.9. The van der Waals surface area contributed by atoms with Crippen molar-refractivity contribution in [1.29, 1.82) is 0 Å². The molecule has 3 amide bonds. The molecule has 12 nitrogen and oxygen atoms in total. The maximum absolute atomic E-state index is 13.1. The van der Waals surface area contributed by atoms with Crippen LogP contribution >= 0.6 is 12.6 Å². The van der Waals surface area contributed by atoms with Gasteiger partial charge in [-0.15, -0.1) is 0 Å². The molecule has 4 unspecified atom stereocenters. The van der Waals surface area contributed by atoms with Crippen LogP contribution in [0.5, 0.6) is 5.75 Å². The zero-order chi connectivity index (χ0) is 26.0. The monoisotopic (exact) mass is 510 g/mol. The van der Waals surface area contributed by atoms with E-state index in [1.54, 1.807) is 12.1 Å². The highest BCUT2D eigenvalue weighted by Gasteiger charge is 2.31. The molecule has 1 saturated heterocycles. The molecule has 1 aliphatic heterocycles. The van der Waals surface area contributed by atoms with Crippen molar-refractivity contribution >= 4 is 42.3 Å². The second kappa shape index (κ2) is 13.5. The van der Waals surface area contributed by atoms with Gasteiger partial charge in [-0.2, -0.15) is 12.6 Å². The van der Waals surface area contributed by atoms with Crippen molar-refractivity contribution in [2.24, 2.45) is 0 Å². The van der Waals surface area contributed by atoms with E-state index in [0.29, 0.717) is 18.5 Å². The molecule has 1 heterocycles. The van der Waals surface area contributed by atoms with Gasteiger partial charge >= 0.3 is 11.9 Å². The van der Waals surface area contributed by atoms with Crippen molar-refractivity contribution in [1.82, 2.24) is 21.3 Å². The summed E-state index contributed by atoms with van der Waals surface area (Å²) in [4.78, 5) is 60.4. The number of thiol groups is 1. The van der Waals surface area contributed by atoms with E-state index in [1.165, 1.54) is 12.1 Å². The predicted molar refractivity (Wildman–Crippen MR) is 127 cm³/mol. The van der Waals surface area contributed by atoms with E-state index < -0.39 is 54.3 Å². The predicted octanol–water partition coefficient (Wildman–Crippen LogP) is -0.980. The van der Waals surface area contributed by atoms with Crippen molar-refractivity contribution in [2.75, 3.05) is 12.3 Å². The van der Waals surface area contributed by atoms with Crippen LogP contribution in [0.25, 0.3) is 0 Å². The van der Waals surface area contributed by atoms with Crippen LogP contribution in [0.2, 0.25) is 0 Å². The lowest BCUT2D eigenvalue weighted by Gasteiger charge is -2.24. The number of rotatable bonds is 13. The van der Waals surface area contributed by atoms with Crippen LogP contribution in [0.15, 0.2) is 24.3 Å². The van der Waals surface area contributed by atoms with Crippen molar-refractivity contribution < 1.29 is 39.3 Å². The topological polar surface area (TPSA) is 194 Å². The van der Waals surface area contributed by atoms with E-state index in [1.807, 2.05) is 0 Å². The van der Waals surface area contributed by atoms with E-state index in [9.17, 15) is 34.2 Å². The number of nitrogens with one attached hydrogen (secondary N) is 4. The minimum absolute atomic E-state index is 0.0386. The van der Waals surface area contributed by atoms with Gasteiger partial charge in [-0.25, -0.2) is 4.79 Å². The lowest BCUT2D eigenvalue weighted by Crippen LogP contribution is -2.58. The van der Waals surface area contributed by atoms with E-state index in [-0.39, 0.29) is 30.3 Å². The summed E-state index contributed by atoms with van der Waals surface area (Å²) in [7, 11) is 0. The Morgan fingerprint density at radius 1 is 0.971 bits per heavy atom. The lowest BCUT2D eigenvalue weighted by molar-refractivity contribution is -0.143. The summed E-state index contributed by atoms with van der Waals surface area (Å²) in [6, 6.07) is 1.87. The van der Waals surface area contributed by atoms with Gasteiger partial charge in [-0.05, 0) is 43.5 Å². The fraction of sp³-hybridized carbons (Fsp3) is 0.500. The Balaban J connectivity index is 2.10. The van der Waals surface area contributed by atoms with Crippen LogP contribution in [0.3, 0.4) is 0 Å². The quantitative estimate of drug-likeness (QED) is 0.154. The van der Waals surface area contributed by atoms with Gasteiger partial charge in [0.1, 0.15) is 23.9 Å². The number of benzene rings is 1. The minimum atomic E-state index is -1.46. The van der Waals surface area contributed by atoms with Crippen LogP contribution in [0, 0.1) is 0 Å². The number of carbonyl (C=O) groups excluding carboxylic acids is 3. The molecule has 0 bridgehead atoms. The number of carbonyl (C=O) groups is 5. The molecule has 13 heteroatoms. The van der Waals surface area contributed by atoms with Crippen molar-refractivity contribution in [2.45, 2.75) is 56.3 Å². The largest absolute Gasteiger partial charge is 0.508 e. The first-order valence-electron chi connectivity index (χ1n) is 11.1. The zero-order valence-corrected chi connectivity index (χ0v) is 19.8. The number of aromatic hydroxyl groups is 1. The number of carboxylic acids is 2. The van der Waals surface area contributed by atoms with Crippen LogP contribution in [-0.4, -0.2) is 81.4 Å². The van der Waals surface area contributed by atoms with E-state index >= 15 is 0 Å². The smallest absolute Gasteiger partial charge is 0.326 e. The summed E-state index contributed by atoms with van der Waals surface area (Å²) in [6.45, 7) is 0.682. The lowest BCUT2D eigenvalue weighted by atomic mass is 10.0. The highest BCUT2D eigenvalue weighted by molar-refractivity contribution is 7.80. The average Bonchev–Trinajstić information content (AvgIpc) is 3.35. The number of amides is 3. The summed E-state index contributed by atoms with van der Waals surface area (Å²) in [5.41, 5.74) is 0.647. The Labute approximate surface area is 207 Å². The van der Waals surface area contributed by atoms with E-state index in [0.717, 1.165) is 6.42 Å². The van der Waals surface area contributed by atoms with Gasteiger partial charge in [-0.1, -0.05) is 12.1 Å². The number of carboxylic acid groups (broad SMARTS) is 2. The summed E-state index contributed by atoms with van der Waals surface area (Å²) in [5, 5.41) is 38.0. The third-order valence-corrected chi connectivity index (χ3v) is 5.83. The highest BCUT2D eigenvalue weighted by atomic mass is 32.1. The van der Waals surface area contributed by atoms with Crippen LogP contribution < -0.4 is 21.3 Å². The Morgan fingerprint density at radius 2 is 1.60 bits per heavy atom. The molecule has 1 aromatic rings. The second-order valence-electron chi connectivity index (χ2n) is 8.16. The number of hydrogen-bond acceptors (Lipinski definition) is 8. The Hall–Kier alpha value is -3.32. The van der Waals surface area contributed by atoms with Gasteiger partial charge in [0.2, 0.25) is 17.7 Å². The zero-order valence-electron chi connectivity index (χ0n) is 18.9. The van der Waals surface area contributed by atoms with Gasteiger partial charge in [0.25, 0.3) is 0 Å². The molecule has 1 aliphatic rings. The summed E-state index contributed by atoms with van der Waals surface area (Å²) < 4.78 is 0. The van der Waals surface area contributed by atoms with Gasteiger partial charge < -0.3 is 36.6 Å². The molecule has 7 N–H and O–H groups in total. The molecule has 1 aromatic carbocycles. The maximum Gasteiger partial charge on any atom is 0.326 e. The SMILES string of the molecule is O=C(O)CCC(NC(=O)C(CS)NC(=O)C(Cc1ccc(O)cc1)NC(=O)C1CCCN1)C(=O)O. The Morgan fingerprint density at radius 3 is 2.14 bits per heavy atom. The molecule has 0 saturated carbocycles. The van der Waals surface area contributed by atoms with E-state index in [4.69, 9.17) is 5.11 Å². The molecular weight excluding hydrogens is 480 g/mol. The first-order chi connectivity index (χ1) is 16.6. The molecule has 1 fully saturated rings. The van der Waals surface area contributed by atoms with E-state index in [2.05, 4.69) is 33.9 Å². The fourth-order valence-electron chi connectivity index (χ4n) is 3.52. The molecule has 4 atom stereocenters. The van der Waals surface area contributed by atoms with Crippen molar-refractivity contribution in [3.8, 4) is 5.75 Å². The summed E-state index contributed by atoms with van der Waals surface area (Å²) >= 11 is 4.07. The van der Waals surface area contributed by atoms with Crippen molar-refractivity contribution in [3.63, 3.8) is 0 Å². The average molecular weight is 511 g/mol. The minimum Gasteiger partial charge on any atom is -0.508 e. The van der Waals surface area contributed by atoms with Gasteiger partial charge in [-0.3, -0.25) is 19.2 Å². The Bertz CT molecular complexity index is 921. The van der Waals surface area contributed by atoms with Gasteiger partial charge in [0, 0.05) is 18.6 Å². The maximum atomic E-state index is 13.1. The third kappa shape index (κ3) is 9.09. The van der Waals surface area contributed by atoms with Crippen molar-refractivity contribution in [3.05, 3.63) is 29.8 Å². The normalized spacial score (nSPS) is 17.6. The summed E-state index contributed by atoms with van der Waals surface area (Å²) in [6.07, 6.45) is 0.708. The number of phenolic OH excluding ortho intramolecular Hbond substituents is 1. The second-order valence-corrected chi connectivity index (χ2v) is 8.52. The molecule has 0 spiro atoms.